The van der Waals surface area contributed by atoms with E-state index < -0.39 is 11.7 Å². The molecule has 10 heteroatoms. The molecule has 2 N–H and O–H groups in total. The highest BCUT2D eigenvalue weighted by Gasteiger charge is 2.30. The van der Waals surface area contributed by atoms with Crippen molar-refractivity contribution in [2.75, 3.05) is 43.1 Å². The molecule has 0 amide bonds. The van der Waals surface area contributed by atoms with E-state index in [-0.39, 0.29) is 0 Å². The van der Waals surface area contributed by atoms with Crippen LogP contribution in [0.5, 0.6) is 0 Å². The normalized spacial score (nSPS) is 14.5. The Bertz CT molecular complexity index is 1270. The van der Waals surface area contributed by atoms with Crippen molar-refractivity contribution in [1.82, 2.24) is 19.9 Å². The number of hydrogen-bond donors (Lipinski definition) is 2. The lowest BCUT2D eigenvalue weighted by atomic mass is 10.1. The van der Waals surface area contributed by atoms with Crippen LogP contribution in [0.4, 0.5) is 24.8 Å². The van der Waals surface area contributed by atoms with Crippen molar-refractivity contribution in [3.05, 3.63) is 66.2 Å². The van der Waals surface area contributed by atoms with Gasteiger partial charge in [-0.25, -0.2) is 15.0 Å². The van der Waals surface area contributed by atoms with Gasteiger partial charge in [-0.2, -0.15) is 13.2 Å². The van der Waals surface area contributed by atoms with Crippen molar-refractivity contribution in [3.63, 3.8) is 0 Å². The van der Waals surface area contributed by atoms with Crippen LogP contribution in [0.25, 0.3) is 22.2 Å². The van der Waals surface area contributed by atoms with Crippen molar-refractivity contribution in [2.45, 2.75) is 12.6 Å². The summed E-state index contributed by atoms with van der Waals surface area (Å²) in [7, 11) is 0. The van der Waals surface area contributed by atoms with Gasteiger partial charge in [0.25, 0.3) is 0 Å². The Balaban J connectivity index is 1.39. The molecule has 0 spiro atoms. The molecule has 1 saturated heterocycles. The second-order valence-corrected chi connectivity index (χ2v) is 7.98. The van der Waals surface area contributed by atoms with Gasteiger partial charge in [0, 0.05) is 61.0 Å². The number of fused-ring (bicyclic) bond motifs is 1. The van der Waals surface area contributed by atoms with Crippen LogP contribution in [-0.4, -0.2) is 52.8 Å². The fourth-order valence-electron chi connectivity index (χ4n) is 3.96. The number of nitrogens with zero attached hydrogens (tertiary/aromatic N) is 4. The number of H-pyrrole nitrogens is 1. The maximum atomic E-state index is 12.7. The highest BCUT2D eigenvalue weighted by molar-refractivity contribution is 5.94. The molecule has 7 nitrogen and oxygen atoms in total. The number of anilines is 2. The Labute approximate surface area is 194 Å². The first-order valence-electron chi connectivity index (χ1n) is 11.0. The van der Waals surface area contributed by atoms with Crippen LogP contribution >= 0.6 is 0 Å². The van der Waals surface area contributed by atoms with Crippen LogP contribution in [0, 0.1) is 0 Å². The highest BCUT2D eigenvalue weighted by Crippen LogP contribution is 2.30. The molecule has 1 aromatic carbocycles. The lowest BCUT2D eigenvalue weighted by Crippen LogP contribution is -2.37. The minimum atomic E-state index is -4.40. The summed E-state index contributed by atoms with van der Waals surface area (Å²) in [6, 6.07) is 12.4. The van der Waals surface area contributed by atoms with E-state index in [4.69, 9.17) is 14.7 Å². The number of halogens is 3. The van der Waals surface area contributed by atoms with Crippen LogP contribution < -0.4 is 10.2 Å². The summed E-state index contributed by atoms with van der Waals surface area (Å²) in [6.07, 6.45) is -1.19. The maximum Gasteiger partial charge on any atom is 0.417 e. The van der Waals surface area contributed by atoms with E-state index in [1.165, 1.54) is 6.07 Å². The number of alkyl halides is 3. The molecule has 34 heavy (non-hydrogen) atoms. The largest absolute Gasteiger partial charge is 0.417 e. The van der Waals surface area contributed by atoms with Gasteiger partial charge >= 0.3 is 6.18 Å². The Kier molecular flexibility index (Phi) is 6.06. The summed E-state index contributed by atoms with van der Waals surface area (Å²) >= 11 is 0. The molecule has 1 aliphatic rings. The summed E-state index contributed by atoms with van der Waals surface area (Å²) in [5.74, 6) is 1.85. The van der Waals surface area contributed by atoms with E-state index in [1.807, 2.05) is 36.5 Å². The van der Waals surface area contributed by atoms with Gasteiger partial charge in [0.2, 0.25) is 0 Å². The van der Waals surface area contributed by atoms with Gasteiger partial charge in [0.05, 0.1) is 24.5 Å². The van der Waals surface area contributed by atoms with Crippen LogP contribution in [0.3, 0.4) is 0 Å². The summed E-state index contributed by atoms with van der Waals surface area (Å²) < 4.78 is 43.7. The number of aromatic nitrogens is 4. The number of pyridine rings is 1. The van der Waals surface area contributed by atoms with Gasteiger partial charge < -0.3 is 19.9 Å². The second-order valence-electron chi connectivity index (χ2n) is 7.98. The monoisotopic (exact) mass is 468 g/mol. The summed E-state index contributed by atoms with van der Waals surface area (Å²) in [4.78, 5) is 18.9. The third-order valence-electron chi connectivity index (χ3n) is 5.71. The molecular weight excluding hydrogens is 445 g/mol. The van der Waals surface area contributed by atoms with E-state index in [1.54, 1.807) is 0 Å². The van der Waals surface area contributed by atoms with Gasteiger partial charge in [0.1, 0.15) is 17.5 Å². The predicted molar refractivity (Wildman–Crippen MR) is 124 cm³/mol. The first-order chi connectivity index (χ1) is 16.5. The molecular formula is C24H23F3N6O. The second kappa shape index (κ2) is 9.30. The van der Waals surface area contributed by atoms with E-state index in [0.717, 1.165) is 53.3 Å². The summed E-state index contributed by atoms with van der Waals surface area (Å²) in [5, 5.41) is 4.13. The smallest absolute Gasteiger partial charge is 0.378 e. The summed E-state index contributed by atoms with van der Waals surface area (Å²) in [5.41, 5.74) is 2.09. The van der Waals surface area contributed by atoms with Crippen molar-refractivity contribution in [3.8, 4) is 11.3 Å². The Morgan fingerprint density at radius 1 is 1.06 bits per heavy atom. The molecule has 0 saturated carbocycles. The third-order valence-corrected chi connectivity index (χ3v) is 5.71. The van der Waals surface area contributed by atoms with Gasteiger partial charge in [0.15, 0.2) is 0 Å². The minimum Gasteiger partial charge on any atom is -0.378 e. The molecule has 4 heterocycles. The third kappa shape index (κ3) is 4.81. The van der Waals surface area contributed by atoms with Gasteiger partial charge in [-0.15, -0.1) is 0 Å². The van der Waals surface area contributed by atoms with Gasteiger partial charge in [-0.3, -0.25) is 0 Å². The standard InChI is InChI=1S/C24H23F3N6O/c25-24(26,27)16-4-5-21(30-15-16)29-9-7-22-31-20(14-23(32-22)33-10-12-34-13-11-33)17-2-1-3-19-18(17)6-8-28-19/h1-6,8,14-15,28H,7,9-13H2,(H,29,30). The summed E-state index contributed by atoms with van der Waals surface area (Å²) in [6.45, 7) is 3.21. The first kappa shape index (κ1) is 22.1. The molecule has 0 atom stereocenters. The zero-order valence-electron chi connectivity index (χ0n) is 18.3. The lowest BCUT2D eigenvalue weighted by Gasteiger charge is -2.28. The molecule has 0 radical (unpaired) electrons. The van der Waals surface area contributed by atoms with Crippen LogP contribution in [0.1, 0.15) is 11.4 Å². The number of ether oxygens (including phenoxy) is 1. The molecule has 0 bridgehead atoms. The number of rotatable bonds is 6. The Morgan fingerprint density at radius 2 is 1.91 bits per heavy atom. The molecule has 1 fully saturated rings. The van der Waals surface area contributed by atoms with Crippen molar-refractivity contribution in [2.24, 2.45) is 0 Å². The SMILES string of the molecule is FC(F)(F)c1ccc(NCCc2nc(-c3cccc4[nH]ccc34)cc(N3CCOCC3)n2)nc1. The van der Waals surface area contributed by atoms with Crippen LogP contribution in [-0.2, 0) is 17.3 Å². The minimum absolute atomic E-state index is 0.370. The van der Waals surface area contributed by atoms with Crippen molar-refractivity contribution < 1.29 is 17.9 Å². The molecule has 4 aromatic rings. The average molecular weight is 468 g/mol. The number of hydrogen-bond acceptors (Lipinski definition) is 6. The number of aromatic amines is 1. The fourth-order valence-corrected chi connectivity index (χ4v) is 3.96. The van der Waals surface area contributed by atoms with Gasteiger partial charge in [-0.05, 0) is 24.3 Å². The lowest BCUT2D eigenvalue weighted by molar-refractivity contribution is -0.137. The molecule has 3 aromatic heterocycles. The number of nitrogens with one attached hydrogen (secondary N) is 2. The number of benzene rings is 1. The quantitative estimate of drug-likeness (QED) is 0.433. The maximum absolute atomic E-state index is 12.7. The molecule has 0 aliphatic carbocycles. The fraction of sp³-hybridized carbons (Fsp3) is 0.292. The average Bonchev–Trinajstić information content (AvgIpc) is 3.33. The topological polar surface area (TPSA) is 79.0 Å². The number of morpholine rings is 1. The van der Waals surface area contributed by atoms with E-state index in [2.05, 4.69) is 20.2 Å². The predicted octanol–water partition coefficient (Wildman–Crippen LogP) is 4.53. The highest BCUT2D eigenvalue weighted by atomic mass is 19.4. The van der Waals surface area contributed by atoms with Gasteiger partial charge in [-0.1, -0.05) is 12.1 Å². The van der Waals surface area contributed by atoms with E-state index in [9.17, 15) is 13.2 Å². The molecule has 5 rings (SSSR count). The van der Waals surface area contributed by atoms with Crippen LogP contribution in [0.2, 0.25) is 0 Å². The zero-order valence-corrected chi connectivity index (χ0v) is 18.3. The Morgan fingerprint density at radius 3 is 2.68 bits per heavy atom. The molecule has 176 valence electrons. The van der Waals surface area contributed by atoms with Crippen molar-refractivity contribution in [1.29, 1.82) is 0 Å². The van der Waals surface area contributed by atoms with E-state index >= 15 is 0 Å². The molecule has 0 unspecified atom stereocenters. The first-order valence-corrected chi connectivity index (χ1v) is 11.0. The van der Waals surface area contributed by atoms with Crippen LogP contribution in [0.15, 0.2) is 54.9 Å². The zero-order chi connectivity index (χ0) is 23.5. The molecule has 1 aliphatic heterocycles. The van der Waals surface area contributed by atoms with Crippen molar-refractivity contribution >= 4 is 22.5 Å². The van der Waals surface area contributed by atoms with E-state index in [0.29, 0.717) is 37.8 Å². The Hall–Kier alpha value is -3.66.